The summed E-state index contributed by atoms with van der Waals surface area (Å²) in [6.45, 7) is 6.13. The number of halogens is 1. The molecule has 3 nitrogen and oxygen atoms in total. The van der Waals surface area contributed by atoms with E-state index in [0.717, 1.165) is 0 Å². The highest BCUT2D eigenvalue weighted by molar-refractivity contribution is 5.96. The lowest BCUT2D eigenvalue weighted by Gasteiger charge is -2.17. The Morgan fingerprint density at radius 2 is 2.11 bits per heavy atom. The molecule has 0 bridgehead atoms. The van der Waals surface area contributed by atoms with Crippen LogP contribution in [0.3, 0.4) is 0 Å². The number of nitrogens with one attached hydrogen (secondary N) is 1. The molecular formula is C15H19FN2O. The van der Waals surface area contributed by atoms with Gasteiger partial charge in [0, 0.05) is 11.6 Å². The number of hydrogen-bond donors (Lipinski definition) is 2. The molecule has 0 saturated heterocycles. The minimum atomic E-state index is -0.422. The van der Waals surface area contributed by atoms with Crippen molar-refractivity contribution in [1.29, 1.82) is 0 Å². The van der Waals surface area contributed by atoms with Crippen molar-refractivity contribution in [1.82, 2.24) is 5.32 Å². The van der Waals surface area contributed by atoms with E-state index in [2.05, 4.69) is 17.2 Å². The van der Waals surface area contributed by atoms with Gasteiger partial charge in [0.25, 0.3) is 5.91 Å². The molecule has 1 aromatic rings. The summed E-state index contributed by atoms with van der Waals surface area (Å²) >= 11 is 0. The van der Waals surface area contributed by atoms with Crippen LogP contribution in [0.4, 0.5) is 4.39 Å². The summed E-state index contributed by atoms with van der Waals surface area (Å²) in [5.74, 6) is 5.01. The number of rotatable bonds is 3. The summed E-state index contributed by atoms with van der Waals surface area (Å²) in [6.07, 6.45) is 0. The van der Waals surface area contributed by atoms with Gasteiger partial charge in [0.1, 0.15) is 5.82 Å². The van der Waals surface area contributed by atoms with Gasteiger partial charge in [0.05, 0.1) is 12.1 Å². The normalized spacial score (nSPS) is 11.7. The van der Waals surface area contributed by atoms with Crippen LogP contribution in [0.15, 0.2) is 18.2 Å². The van der Waals surface area contributed by atoms with Gasteiger partial charge in [-0.2, -0.15) is 0 Å². The Balaban J connectivity index is 3.02. The van der Waals surface area contributed by atoms with E-state index >= 15 is 0 Å². The fourth-order valence-electron chi connectivity index (χ4n) is 1.42. The van der Waals surface area contributed by atoms with Crippen LogP contribution in [0.25, 0.3) is 0 Å². The fourth-order valence-corrected chi connectivity index (χ4v) is 1.42. The van der Waals surface area contributed by atoms with Crippen LogP contribution in [-0.4, -0.2) is 18.5 Å². The smallest absolute Gasteiger partial charge is 0.252 e. The van der Waals surface area contributed by atoms with Crippen LogP contribution in [-0.2, 0) is 0 Å². The van der Waals surface area contributed by atoms with Crippen molar-refractivity contribution < 1.29 is 9.18 Å². The molecule has 0 aliphatic heterocycles. The van der Waals surface area contributed by atoms with Crippen molar-refractivity contribution in [2.75, 3.05) is 6.54 Å². The van der Waals surface area contributed by atoms with Crippen molar-refractivity contribution in [2.24, 2.45) is 11.7 Å². The van der Waals surface area contributed by atoms with Crippen LogP contribution in [0.5, 0.6) is 0 Å². The highest BCUT2D eigenvalue weighted by Crippen LogP contribution is 2.11. The highest BCUT2D eigenvalue weighted by Gasteiger charge is 2.15. The van der Waals surface area contributed by atoms with E-state index in [-0.39, 0.29) is 18.5 Å². The zero-order valence-electron chi connectivity index (χ0n) is 11.5. The van der Waals surface area contributed by atoms with Crippen molar-refractivity contribution in [3.05, 3.63) is 35.1 Å². The molecule has 1 atom stereocenters. The van der Waals surface area contributed by atoms with Gasteiger partial charge in [-0.25, -0.2) is 4.39 Å². The number of amides is 1. The number of nitrogens with two attached hydrogens (primary N) is 1. The predicted molar refractivity (Wildman–Crippen MR) is 74.1 cm³/mol. The Kier molecular flexibility index (Phi) is 5.53. The number of carbonyl (C=O) groups is 1. The number of hydrogen-bond acceptors (Lipinski definition) is 2. The second kappa shape index (κ2) is 6.91. The molecule has 19 heavy (non-hydrogen) atoms. The summed E-state index contributed by atoms with van der Waals surface area (Å²) in [7, 11) is 0. The van der Waals surface area contributed by atoms with Gasteiger partial charge in [-0.15, -0.1) is 0 Å². The van der Waals surface area contributed by atoms with Crippen LogP contribution in [0, 0.1) is 23.6 Å². The minimum Gasteiger partial charge on any atom is -0.349 e. The molecule has 0 spiro atoms. The first-order valence-electron chi connectivity index (χ1n) is 6.25. The Morgan fingerprint density at radius 3 is 2.68 bits per heavy atom. The Labute approximate surface area is 113 Å². The quantitative estimate of drug-likeness (QED) is 0.818. The predicted octanol–water partition coefficient (Wildman–Crippen LogP) is 1.91. The summed E-state index contributed by atoms with van der Waals surface area (Å²) in [6, 6.07) is 3.98. The van der Waals surface area contributed by atoms with Crippen molar-refractivity contribution >= 4 is 5.91 Å². The second-order valence-corrected chi connectivity index (χ2v) is 4.70. The third-order valence-corrected chi connectivity index (χ3v) is 2.91. The Hall–Kier alpha value is -1.86. The van der Waals surface area contributed by atoms with Crippen LogP contribution < -0.4 is 11.1 Å². The SMILES string of the molecule is CC(C)C(C)NC(=O)c1ccc(F)cc1C#CCN. The van der Waals surface area contributed by atoms with E-state index in [1.165, 1.54) is 18.2 Å². The first kappa shape index (κ1) is 15.2. The van der Waals surface area contributed by atoms with E-state index < -0.39 is 5.82 Å². The maximum atomic E-state index is 13.2. The number of benzene rings is 1. The average molecular weight is 262 g/mol. The van der Waals surface area contributed by atoms with E-state index in [9.17, 15) is 9.18 Å². The second-order valence-electron chi connectivity index (χ2n) is 4.70. The molecule has 3 N–H and O–H groups in total. The third-order valence-electron chi connectivity index (χ3n) is 2.91. The van der Waals surface area contributed by atoms with E-state index in [1.807, 2.05) is 20.8 Å². The maximum absolute atomic E-state index is 13.2. The molecule has 102 valence electrons. The monoisotopic (exact) mass is 262 g/mol. The molecule has 0 saturated carbocycles. The zero-order valence-corrected chi connectivity index (χ0v) is 11.5. The van der Waals surface area contributed by atoms with Gasteiger partial charge in [-0.3, -0.25) is 4.79 Å². The minimum absolute atomic E-state index is 0.0351. The largest absolute Gasteiger partial charge is 0.349 e. The molecule has 0 aliphatic carbocycles. The van der Waals surface area contributed by atoms with Crippen LogP contribution >= 0.6 is 0 Å². The van der Waals surface area contributed by atoms with Gasteiger partial charge < -0.3 is 11.1 Å². The molecule has 0 radical (unpaired) electrons. The highest BCUT2D eigenvalue weighted by atomic mass is 19.1. The number of carbonyl (C=O) groups excluding carboxylic acids is 1. The Morgan fingerprint density at radius 1 is 1.42 bits per heavy atom. The van der Waals surface area contributed by atoms with Crippen molar-refractivity contribution in [3.63, 3.8) is 0 Å². The lowest BCUT2D eigenvalue weighted by molar-refractivity contribution is 0.0930. The van der Waals surface area contributed by atoms with Gasteiger partial charge in [0.2, 0.25) is 0 Å². The fraction of sp³-hybridized carbons (Fsp3) is 0.400. The maximum Gasteiger partial charge on any atom is 0.252 e. The first-order chi connectivity index (χ1) is 8.95. The first-order valence-corrected chi connectivity index (χ1v) is 6.25. The molecule has 1 unspecified atom stereocenters. The molecule has 0 heterocycles. The summed E-state index contributed by atoms with van der Waals surface area (Å²) in [4.78, 5) is 12.1. The van der Waals surface area contributed by atoms with E-state index in [0.29, 0.717) is 17.0 Å². The topological polar surface area (TPSA) is 55.1 Å². The molecule has 0 aliphatic rings. The lowest BCUT2D eigenvalue weighted by atomic mass is 10.0. The summed E-state index contributed by atoms with van der Waals surface area (Å²) in [5, 5.41) is 2.87. The molecule has 4 heteroatoms. The van der Waals surface area contributed by atoms with Gasteiger partial charge >= 0.3 is 0 Å². The molecule has 0 aromatic heterocycles. The Bertz CT molecular complexity index is 515. The van der Waals surface area contributed by atoms with Crippen LogP contribution in [0.1, 0.15) is 36.7 Å². The molecule has 1 amide bonds. The molecule has 1 rings (SSSR count). The lowest BCUT2D eigenvalue weighted by Crippen LogP contribution is -2.36. The van der Waals surface area contributed by atoms with E-state index in [1.54, 1.807) is 0 Å². The summed E-state index contributed by atoms with van der Waals surface area (Å²) in [5.41, 5.74) is 6.02. The average Bonchev–Trinajstić information content (AvgIpc) is 2.35. The molecule has 0 fully saturated rings. The molecule has 1 aromatic carbocycles. The van der Waals surface area contributed by atoms with E-state index in [4.69, 9.17) is 5.73 Å². The third kappa shape index (κ3) is 4.38. The van der Waals surface area contributed by atoms with Crippen molar-refractivity contribution in [2.45, 2.75) is 26.8 Å². The van der Waals surface area contributed by atoms with Crippen molar-refractivity contribution in [3.8, 4) is 11.8 Å². The van der Waals surface area contributed by atoms with Gasteiger partial charge in [0.15, 0.2) is 0 Å². The standard InChI is InChI=1S/C15H19FN2O/c1-10(2)11(3)18-15(19)14-7-6-13(16)9-12(14)5-4-8-17/h6-7,9-11H,8,17H2,1-3H3,(H,18,19). The van der Waals surface area contributed by atoms with Crippen LogP contribution in [0.2, 0.25) is 0 Å². The zero-order chi connectivity index (χ0) is 14.4. The van der Waals surface area contributed by atoms with Gasteiger partial charge in [-0.05, 0) is 31.0 Å². The summed E-state index contributed by atoms with van der Waals surface area (Å²) < 4.78 is 13.2. The molecular weight excluding hydrogens is 243 g/mol. The van der Waals surface area contributed by atoms with Gasteiger partial charge in [-0.1, -0.05) is 25.7 Å².